The number of hydrogen-bond donors (Lipinski definition) is 0. The molecule has 0 unspecified atom stereocenters. The summed E-state index contributed by atoms with van der Waals surface area (Å²) in [5.74, 6) is 0. The highest BCUT2D eigenvalue weighted by atomic mass is 35.5. The van der Waals surface area contributed by atoms with Gasteiger partial charge < -0.3 is 10.4 Å². The molecular weight excluding hydrogens is 379 g/mol. The standard InChI is InChI=1S/C22H22N2.2ClH.H2O/c1-6-14-24(15-7-1)22-18-10-4-5-11-20(18)23-21-17-9-3-2-8-16(17)12-13-19(21)22;;;/h2-5,8-11H,1,6-7,12-15H2;2*1H;1H2. The highest BCUT2D eigenvalue weighted by molar-refractivity contribution is 5.97. The van der Waals surface area contributed by atoms with Gasteiger partial charge in [0, 0.05) is 29.6 Å². The predicted molar refractivity (Wildman–Crippen MR) is 119 cm³/mol. The van der Waals surface area contributed by atoms with E-state index in [9.17, 15) is 0 Å². The number of benzene rings is 2. The third-order valence-corrected chi connectivity index (χ3v) is 5.55. The van der Waals surface area contributed by atoms with Crippen molar-refractivity contribution in [2.45, 2.75) is 32.1 Å². The molecule has 3 nitrogen and oxygen atoms in total. The molecular formula is C22H26Cl2N2O. The lowest BCUT2D eigenvalue weighted by molar-refractivity contribution is 0.577. The average molecular weight is 405 g/mol. The van der Waals surface area contributed by atoms with Gasteiger partial charge in [-0.1, -0.05) is 42.5 Å². The third-order valence-electron chi connectivity index (χ3n) is 5.55. The highest BCUT2D eigenvalue weighted by Crippen LogP contribution is 2.41. The van der Waals surface area contributed by atoms with Crippen molar-refractivity contribution in [3.63, 3.8) is 0 Å². The van der Waals surface area contributed by atoms with E-state index in [0.29, 0.717) is 0 Å². The Morgan fingerprint density at radius 1 is 0.778 bits per heavy atom. The minimum Gasteiger partial charge on any atom is -0.412 e. The molecule has 2 N–H and O–H groups in total. The van der Waals surface area contributed by atoms with Crippen LogP contribution in [-0.4, -0.2) is 23.5 Å². The third kappa shape index (κ3) is 3.64. The van der Waals surface area contributed by atoms with Crippen LogP contribution in [0.25, 0.3) is 22.2 Å². The first-order chi connectivity index (χ1) is 11.9. The molecule has 1 fully saturated rings. The van der Waals surface area contributed by atoms with E-state index in [1.54, 1.807) is 0 Å². The summed E-state index contributed by atoms with van der Waals surface area (Å²) < 4.78 is 0. The molecule has 1 aliphatic heterocycles. The van der Waals surface area contributed by atoms with E-state index in [1.165, 1.54) is 65.8 Å². The molecule has 5 heteroatoms. The predicted octanol–water partition coefficient (Wildman–Crippen LogP) is 5.01. The number of rotatable bonds is 1. The van der Waals surface area contributed by atoms with Gasteiger partial charge in [0.2, 0.25) is 0 Å². The molecule has 2 heterocycles. The Bertz CT molecular complexity index is 923. The zero-order valence-electron chi connectivity index (χ0n) is 15.3. The normalized spacial score (nSPS) is 14.9. The number of hydrogen-bond acceptors (Lipinski definition) is 2. The Morgan fingerprint density at radius 2 is 1.48 bits per heavy atom. The molecule has 1 saturated heterocycles. The van der Waals surface area contributed by atoms with Crippen LogP contribution in [0.1, 0.15) is 30.4 Å². The molecule has 0 saturated carbocycles. The van der Waals surface area contributed by atoms with E-state index in [4.69, 9.17) is 4.98 Å². The Kier molecular flexibility index (Phi) is 7.10. The van der Waals surface area contributed by atoms with Gasteiger partial charge in [-0.05, 0) is 43.7 Å². The molecule has 0 amide bonds. The lowest BCUT2D eigenvalue weighted by Gasteiger charge is -2.34. The molecule has 0 bridgehead atoms. The summed E-state index contributed by atoms with van der Waals surface area (Å²) in [6.07, 6.45) is 6.22. The van der Waals surface area contributed by atoms with Crippen molar-refractivity contribution < 1.29 is 5.48 Å². The van der Waals surface area contributed by atoms with E-state index in [0.717, 1.165) is 18.4 Å². The molecule has 0 spiro atoms. The van der Waals surface area contributed by atoms with Gasteiger partial charge in [0.25, 0.3) is 0 Å². The van der Waals surface area contributed by atoms with Crippen LogP contribution >= 0.6 is 24.8 Å². The summed E-state index contributed by atoms with van der Waals surface area (Å²) in [5, 5.41) is 1.33. The minimum absolute atomic E-state index is 0. The lowest BCUT2D eigenvalue weighted by Crippen LogP contribution is -2.31. The van der Waals surface area contributed by atoms with Crippen molar-refractivity contribution in [3.05, 3.63) is 59.7 Å². The van der Waals surface area contributed by atoms with Crippen LogP contribution in [0.3, 0.4) is 0 Å². The van der Waals surface area contributed by atoms with Crippen LogP contribution in [0.5, 0.6) is 0 Å². The topological polar surface area (TPSA) is 47.6 Å². The van der Waals surface area contributed by atoms with Crippen molar-refractivity contribution in [1.29, 1.82) is 0 Å². The van der Waals surface area contributed by atoms with Crippen molar-refractivity contribution in [1.82, 2.24) is 4.98 Å². The number of piperidine rings is 1. The number of halogens is 2. The number of fused-ring (bicyclic) bond motifs is 4. The monoisotopic (exact) mass is 404 g/mol. The number of pyridine rings is 1. The fraction of sp³-hybridized carbons (Fsp3) is 0.318. The number of anilines is 1. The van der Waals surface area contributed by atoms with E-state index in [2.05, 4.69) is 53.4 Å². The summed E-state index contributed by atoms with van der Waals surface area (Å²) in [6.45, 7) is 2.37. The quantitative estimate of drug-likeness (QED) is 0.572. The van der Waals surface area contributed by atoms with Crippen molar-refractivity contribution in [3.8, 4) is 11.3 Å². The first-order valence-electron chi connectivity index (χ1n) is 9.17. The molecule has 27 heavy (non-hydrogen) atoms. The zero-order valence-corrected chi connectivity index (χ0v) is 16.9. The lowest BCUT2D eigenvalue weighted by atomic mass is 9.86. The van der Waals surface area contributed by atoms with Crippen molar-refractivity contribution in [2.24, 2.45) is 0 Å². The second-order valence-corrected chi connectivity index (χ2v) is 7.01. The second-order valence-electron chi connectivity index (χ2n) is 7.01. The molecule has 1 aliphatic carbocycles. The molecule has 3 aromatic rings. The van der Waals surface area contributed by atoms with Crippen LogP contribution in [-0.2, 0) is 12.8 Å². The van der Waals surface area contributed by atoms with Crippen molar-refractivity contribution >= 4 is 41.4 Å². The Labute approximate surface area is 172 Å². The van der Waals surface area contributed by atoms with Gasteiger partial charge in [0.15, 0.2) is 0 Å². The number of aromatic nitrogens is 1. The maximum atomic E-state index is 5.09. The van der Waals surface area contributed by atoms with E-state index in [-0.39, 0.29) is 30.3 Å². The first-order valence-corrected chi connectivity index (χ1v) is 9.17. The van der Waals surface area contributed by atoms with Gasteiger partial charge in [0.1, 0.15) is 0 Å². The van der Waals surface area contributed by atoms with Gasteiger partial charge in [-0.25, -0.2) is 4.98 Å². The summed E-state index contributed by atoms with van der Waals surface area (Å²) in [7, 11) is 0. The number of para-hydroxylation sites is 1. The van der Waals surface area contributed by atoms with Crippen LogP contribution in [0.2, 0.25) is 0 Å². The van der Waals surface area contributed by atoms with Gasteiger partial charge in [-0.2, -0.15) is 0 Å². The molecule has 0 radical (unpaired) electrons. The SMILES string of the molecule is Cl.Cl.O.c1ccc2c(c1)CCc1c-2nc2ccccc2c1N1CCCCC1. The molecule has 0 atom stereocenters. The van der Waals surface area contributed by atoms with Crippen LogP contribution in [0.4, 0.5) is 5.69 Å². The second kappa shape index (κ2) is 8.92. The highest BCUT2D eigenvalue weighted by Gasteiger charge is 2.25. The van der Waals surface area contributed by atoms with E-state index in [1.807, 2.05) is 0 Å². The van der Waals surface area contributed by atoms with Crippen LogP contribution < -0.4 is 4.90 Å². The number of aryl methyl sites for hydroxylation is 1. The summed E-state index contributed by atoms with van der Waals surface area (Å²) in [6, 6.07) is 17.5. The summed E-state index contributed by atoms with van der Waals surface area (Å²) >= 11 is 0. The Balaban J connectivity index is 0.000000871. The molecule has 2 aromatic carbocycles. The fourth-order valence-electron chi connectivity index (χ4n) is 4.40. The molecule has 5 rings (SSSR count). The summed E-state index contributed by atoms with van der Waals surface area (Å²) in [5.41, 5.74) is 8.06. The van der Waals surface area contributed by atoms with E-state index >= 15 is 0 Å². The van der Waals surface area contributed by atoms with Gasteiger partial charge in [0.05, 0.1) is 16.9 Å². The van der Waals surface area contributed by atoms with E-state index < -0.39 is 0 Å². The maximum absolute atomic E-state index is 5.09. The Hall–Kier alpha value is -1.81. The smallest absolute Gasteiger partial charge is 0.0765 e. The largest absolute Gasteiger partial charge is 0.412 e. The zero-order chi connectivity index (χ0) is 15.9. The van der Waals surface area contributed by atoms with Crippen molar-refractivity contribution in [2.75, 3.05) is 18.0 Å². The average Bonchev–Trinajstić information content (AvgIpc) is 2.67. The molecule has 144 valence electrons. The van der Waals surface area contributed by atoms with Gasteiger partial charge in [-0.3, -0.25) is 0 Å². The maximum Gasteiger partial charge on any atom is 0.0765 e. The van der Waals surface area contributed by atoms with Gasteiger partial charge >= 0.3 is 0 Å². The van der Waals surface area contributed by atoms with Crippen LogP contribution in [0, 0.1) is 0 Å². The van der Waals surface area contributed by atoms with Crippen LogP contribution in [0.15, 0.2) is 48.5 Å². The molecule has 1 aromatic heterocycles. The summed E-state index contributed by atoms with van der Waals surface area (Å²) in [4.78, 5) is 7.71. The fourth-order valence-corrected chi connectivity index (χ4v) is 4.40. The minimum atomic E-state index is 0. The number of nitrogens with zero attached hydrogens (tertiary/aromatic N) is 2. The van der Waals surface area contributed by atoms with Gasteiger partial charge in [-0.15, -0.1) is 24.8 Å². The first kappa shape index (κ1) is 21.5. The Morgan fingerprint density at radius 3 is 2.30 bits per heavy atom. The molecule has 2 aliphatic rings.